The van der Waals surface area contributed by atoms with Gasteiger partial charge in [0, 0.05) is 23.1 Å². The van der Waals surface area contributed by atoms with Crippen LogP contribution in [0.2, 0.25) is 0 Å². The number of rotatable bonds is 2. The minimum absolute atomic E-state index is 0.0846. The molecular formula is C12H12BrNO3. The fraction of sp³-hybridized carbons (Fsp3) is 0.333. The molecule has 1 aromatic rings. The summed E-state index contributed by atoms with van der Waals surface area (Å²) in [5, 5.41) is 8.93. The van der Waals surface area contributed by atoms with Gasteiger partial charge in [0.2, 0.25) is 5.91 Å². The van der Waals surface area contributed by atoms with E-state index in [4.69, 9.17) is 5.11 Å². The number of aryl methyl sites for hydroxylation is 1. The first-order valence-electron chi connectivity index (χ1n) is 5.28. The Labute approximate surface area is 107 Å². The molecule has 0 radical (unpaired) electrons. The zero-order valence-corrected chi connectivity index (χ0v) is 10.9. The Morgan fingerprint density at radius 2 is 2.24 bits per heavy atom. The van der Waals surface area contributed by atoms with Crippen LogP contribution in [0.4, 0.5) is 5.69 Å². The molecule has 1 aromatic carbocycles. The normalized spacial score (nSPS) is 19.8. The van der Waals surface area contributed by atoms with Crippen molar-refractivity contribution in [1.82, 2.24) is 0 Å². The molecule has 17 heavy (non-hydrogen) atoms. The Bertz CT molecular complexity index is 487. The first kappa shape index (κ1) is 12.1. The van der Waals surface area contributed by atoms with E-state index in [1.807, 2.05) is 25.1 Å². The topological polar surface area (TPSA) is 57.6 Å². The number of aliphatic carboxylic acids is 1. The van der Waals surface area contributed by atoms with E-state index in [9.17, 15) is 9.59 Å². The first-order chi connectivity index (χ1) is 7.99. The van der Waals surface area contributed by atoms with E-state index in [1.54, 1.807) is 4.90 Å². The average Bonchev–Trinajstić information content (AvgIpc) is 2.64. The number of hydrogen-bond donors (Lipinski definition) is 1. The van der Waals surface area contributed by atoms with Crippen molar-refractivity contribution >= 4 is 33.5 Å². The molecule has 0 saturated carbocycles. The first-order valence-corrected chi connectivity index (χ1v) is 6.07. The van der Waals surface area contributed by atoms with Gasteiger partial charge in [-0.05, 0) is 24.6 Å². The summed E-state index contributed by atoms with van der Waals surface area (Å²) in [6.45, 7) is 2.16. The predicted molar refractivity (Wildman–Crippen MR) is 67.0 cm³/mol. The third-order valence-corrected chi connectivity index (χ3v) is 3.43. The van der Waals surface area contributed by atoms with Gasteiger partial charge in [0.1, 0.15) is 0 Å². The highest BCUT2D eigenvalue weighted by Gasteiger charge is 2.35. The highest BCUT2D eigenvalue weighted by Crippen LogP contribution is 2.30. The van der Waals surface area contributed by atoms with E-state index >= 15 is 0 Å². The number of carbonyl (C=O) groups is 2. The molecule has 0 aromatic heterocycles. The minimum atomic E-state index is -0.909. The molecule has 0 bridgehead atoms. The Balaban J connectivity index is 2.32. The van der Waals surface area contributed by atoms with Crippen molar-refractivity contribution in [2.75, 3.05) is 11.4 Å². The van der Waals surface area contributed by atoms with Gasteiger partial charge in [-0.1, -0.05) is 22.0 Å². The van der Waals surface area contributed by atoms with Crippen molar-refractivity contribution in [3.05, 3.63) is 28.2 Å². The molecule has 1 unspecified atom stereocenters. The summed E-state index contributed by atoms with van der Waals surface area (Å²) >= 11 is 3.35. The van der Waals surface area contributed by atoms with E-state index in [-0.39, 0.29) is 18.9 Å². The molecule has 1 atom stereocenters. The van der Waals surface area contributed by atoms with E-state index in [2.05, 4.69) is 15.9 Å². The Hall–Kier alpha value is -1.36. The summed E-state index contributed by atoms with van der Waals surface area (Å²) in [6, 6.07) is 5.65. The molecule has 1 N–H and O–H groups in total. The number of hydrogen-bond acceptors (Lipinski definition) is 2. The molecule has 1 amide bonds. The third kappa shape index (κ3) is 2.34. The highest BCUT2D eigenvalue weighted by molar-refractivity contribution is 9.10. The van der Waals surface area contributed by atoms with Gasteiger partial charge in [-0.3, -0.25) is 9.59 Å². The molecule has 1 fully saturated rings. The number of carboxylic acids is 1. The smallest absolute Gasteiger partial charge is 0.308 e. The van der Waals surface area contributed by atoms with Crippen LogP contribution in [0, 0.1) is 12.8 Å². The van der Waals surface area contributed by atoms with Gasteiger partial charge in [-0.15, -0.1) is 0 Å². The number of benzene rings is 1. The van der Waals surface area contributed by atoms with Gasteiger partial charge in [0.05, 0.1) is 5.92 Å². The van der Waals surface area contributed by atoms with Crippen LogP contribution in [0.3, 0.4) is 0 Å². The van der Waals surface area contributed by atoms with Crippen molar-refractivity contribution in [2.45, 2.75) is 13.3 Å². The fourth-order valence-electron chi connectivity index (χ4n) is 1.98. The molecule has 1 saturated heterocycles. The van der Waals surface area contributed by atoms with E-state index in [0.29, 0.717) is 0 Å². The monoisotopic (exact) mass is 297 g/mol. The second kappa shape index (κ2) is 4.49. The number of halogens is 1. The zero-order chi connectivity index (χ0) is 12.6. The van der Waals surface area contributed by atoms with Gasteiger partial charge < -0.3 is 10.0 Å². The number of nitrogens with zero attached hydrogens (tertiary/aromatic N) is 1. The molecule has 5 heteroatoms. The van der Waals surface area contributed by atoms with E-state index < -0.39 is 11.9 Å². The fourth-order valence-corrected chi connectivity index (χ4v) is 2.33. The summed E-state index contributed by atoms with van der Waals surface area (Å²) in [7, 11) is 0. The summed E-state index contributed by atoms with van der Waals surface area (Å²) in [5.41, 5.74) is 1.75. The maximum Gasteiger partial charge on any atom is 0.308 e. The molecule has 1 aliphatic rings. The maximum atomic E-state index is 11.8. The van der Waals surface area contributed by atoms with E-state index in [0.717, 1.165) is 15.7 Å². The second-order valence-electron chi connectivity index (χ2n) is 4.17. The SMILES string of the molecule is Cc1ccc(Br)cc1N1CC(C(=O)O)CC1=O. The number of carboxylic acid groups (broad SMARTS) is 1. The lowest BCUT2D eigenvalue weighted by atomic mass is 10.1. The molecule has 1 aliphatic heterocycles. The summed E-state index contributed by atoms with van der Waals surface area (Å²) in [6.07, 6.45) is 0.0846. The molecule has 4 nitrogen and oxygen atoms in total. The van der Waals surface area contributed by atoms with Crippen LogP contribution in [-0.2, 0) is 9.59 Å². The zero-order valence-electron chi connectivity index (χ0n) is 9.31. The van der Waals surface area contributed by atoms with Crippen molar-refractivity contribution in [3.63, 3.8) is 0 Å². The van der Waals surface area contributed by atoms with Gasteiger partial charge in [-0.25, -0.2) is 0 Å². The summed E-state index contributed by atoms with van der Waals surface area (Å²) in [5.74, 6) is -1.63. The average molecular weight is 298 g/mol. The van der Waals surface area contributed by atoms with Crippen molar-refractivity contribution < 1.29 is 14.7 Å². The quantitative estimate of drug-likeness (QED) is 0.910. The molecule has 2 rings (SSSR count). The van der Waals surface area contributed by atoms with Crippen LogP contribution in [0.25, 0.3) is 0 Å². The van der Waals surface area contributed by atoms with Gasteiger partial charge in [-0.2, -0.15) is 0 Å². The van der Waals surface area contributed by atoms with Crippen molar-refractivity contribution in [2.24, 2.45) is 5.92 Å². The lowest BCUT2D eigenvalue weighted by molar-refractivity contribution is -0.141. The van der Waals surface area contributed by atoms with Crippen LogP contribution >= 0.6 is 15.9 Å². The summed E-state index contributed by atoms with van der Waals surface area (Å²) in [4.78, 5) is 24.2. The second-order valence-corrected chi connectivity index (χ2v) is 5.09. The van der Waals surface area contributed by atoms with Gasteiger partial charge >= 0.3 is 5.97 Å². The molecular weight excluding hydrogens is 286 g/mol. The van der Waals surface area contributed by atoms with E-state index in [1.165, 1.54) is 0 Å². The standard InChI is InChI=1S/C12H12BrNO3/c1-7-2-3-9(13)5-10(7)14-6-8(12(16)17)4-11(14)15/h2-3,5,8H,4,6H2,1H3,(H,16,17). The Morgan fingerprint density at radius 1 is 1.53 bits per heavy atom. The van der Waals surface area contributed by atoms with Crippen LogP contribution < -0.4 is 4.90 Å². The lowest BCUT2D eigenvalue weighted by Gasteiger charge is -2.18. The van der Waals surface area contributed by atoms with Crippen LogP contribution in [0.5, 0.6) is 0 Å². The molecule has 0 aliphatic carbocycles. The third-order valence-electron chi connectivity index (χ3n) is 2.94. The summed E-state index contributed by atoms with van der Waals surface area (Å²) < 4.78 is 0.879. The highest BCUT2D eigenvalue weighted by atomic mass is 79.9. The Morgan fingerprint density at radius 3 is 2.82 bits per heavy atom. The number of amides is 1. The van der Waals surface area contributed by atoms with Gasteiger partial charge in [0.25, 0.3) is 0 Å². The number of anilines is 1. The Kier molecular flexibility index (Phi) is 3.19. The van der Waals surface area contributed by atoms with Gasteiger partial charge in [0.15, 0.2) is 0 Å². The largest absolute Gasteiger partial charge is 0.481 e. The lowest BCUT2D eigenvalue weighted by Crippen LogP contribution is -2.26. The molecule has 90 valence electrons. The van der Waals surface area contributed by atoms with Crippen LogP contribution in [0.1, 0.15) is 12.0 Å². The predicted octanol–water partition coefficient (Wildman–Crippen LogP) is 2.20. The van der Waals surface area contributed by atoms with Crippen molar-refractivity contribution in [1.29, 1.82) is 0 Å². The molecule has 0 spiro atoms. The van der Waals surface area contributed by atoms with Crippen LogP contribution in [0.15, 0.2) is 22.7 Å². The molecule has 1 heterocycles. The van der Waals surface area contributed by atoms with Crippen LogP contribution in [-0.4, -0.2) is 23.5 Å². The maximum absolute atomic E-state index is 11.8. The number of carbonyl (C=O) groups excluding carboxylic acids is 1. The minimum Gasteiger partial charge on any atom is -0.481 e. The van der Waals surface area contributed by atoms with Crippen molar-refractivity contribution in [3.8, 4) is 0 Å².